The van der Waals surface area contributed by atoms with Gasteiger partial charge in [0, 0.05) is 35.3 Å². The van der Waals surface area contributed by atoms with Crippen molar-refractivity contribution in [2.75, 3.05) is 23.9 Å². The van der Waals surface area contributed by atoms with Gasteiger partial charge in [-0.2, -0.15) is 0 Å². The number of pyridine rings is 1. The van der Waals surface area contributed by atoms with Gasteiger partial charge in [-0.1, -0.05) is 6.07 Å². The number of rotatable bonds is 5. The zero-order valence-electron chi connectivity index (χ0n) is 17.1. The highest BCUT2D eigenvalue weighted by Gasteiger charge is 2.31. The van der Waals surface area contributed by atoms with Crippen LogP contribution in [0.1, 0.15) is 12.8 Å². The van der Waals surface area contributed by atoms with E-state index < -0.39 is 0 Å². The molecule has 1 atom stereocenters. The molecule has 0 bridgehead atoms. The van der Waals surface area contributed by atoms with Crippen molar-refractivity contribution in [3.05, 3.63) is 55.0 Å². The summed E-state index contributed by atoms with van der Waals surface area (Å²) in [6.45, 7) is 0.737. The summed E-state index contributed by atoms with van der Waals surface area (Å²) in [4.78, 5) is 27.3. The van der Waals surface area contributed by atoms with Crippen LogP contribution in [0.5, 0.6) is 5.75 Å². The molecule has 0 saturated carbocycles. The third-order valence-electron chi connectivity index (χ3n) is 5.73. The van der Waals surface area contributed by atoms with Gasteiger partial charge in [-0.05, 0) is 43.2 Å². The molecule has 5 rings (SSSR count). The van der Waals surface area contributed by atoms with Gasteiger partial charge in [-0.15, -0.1) is 0 Å². The van der Waals surface area contributed by atoms with E-state index in [9.17, 15) is 4.79 Å². The van der Waals surface area contributed by atoms with Crippen LogP contribution in [0.3, 0.4) is 0 Å². The van der Waals surface area contributed by atoms with Gasteiger partial charge in [-0.3, -0.25) is 9.78 Å². The Morgan fingerprint density at radius 2 is 2.03 bits per heavy atom. The fourth-order valence-corrected chi connectivity index (χ4v) is 4.25. The molecule has 0 aliphatic carbocycles. The molecule has 2 aromatic carbocycles. The van der Waals surface area contributed by atoms with E-state index in [1.54, 1.807) is 13.3 Å². The number of methoxy groups -OCH3 is 1. The Balaban J connectivity index is 1.63. The Morgan fingerprint density at radius 1 is 1.13 bits per heavy atom. The predicted octanol–water partition coefficient (Wildman–Crippen LogP) is 3.38. The minimum absolute atomic E-state index is 0.328. The van der Waals surface area contributed by atoms with Crippen molar-refractivity contribution in [2.45, 2.75) is 18.9 Å². The number of nitrogens with two attached hydrogens (primary N) is 1. The average molecular weight is 414 g/mol. The summed E-state index contributed by atoms with van der Waals surface area (Å²) in [7, 11) is 1.61. The monoisotopic (exact) mass is 414 g/mol. The zero-order valence-corrected chi connectivity index (χ0v) is 17.1. The molecule has 1 amide bonds. The third-order valence-corrected chi connectivity index (χ3v) is 5.73. The molecular weight excluding hydrogens is 392 g/mol. The lowest BCUT2D eigenvalue weighted by atomic mass is 10.1. The van der Waals surface area contributed by atoms with Crippen LogP contribution < -0.4 is 20.7 Å². The molecule has 1 saturated heterocycles. The summed E-state index contributed by atoms with van der Waals surface area (Å²) in [5.41, 5.74) is 9.01. The van der Waals surface area contributed by atoms with Crippen LogP contribution in [0.25, 0.3) is 21.8 Å². The topological polar surface area (TPSA) is 106 Å². The van der Waals surface area contributed by atoms with Gasteiger partial charge < -0.3 is 20.7 Å². The maximum absolute atomic E-state index is 12.0. The van der Waals surface area contributed by atoms with Crippen molar-refractivity contribution in [2.24, 2.45) is 5.73 Å². The van der Waals surface area contributed by atoms with Crippen LogP contribution in [0.4, 0.5) is 17.2 Å². The number of carbonyl (C=O) groups is 1. The van der Waals surface area contributed by atoms with Crippen LogP contribution in [0.2, 0.25) is 0 Å². The molecule has 1 aliphatic rings. The number of fused-ring (bicyclic) bond motifs is 2. The Bertz CT molecular complexity index is 1290. The smallest absolute Gasteiger partial charge is 0.240 e. The normalized spacial score (nSPS) is 16.0. The largest absolute Gasteiger partial charge is 0.495 e. The van der Waals surface area contributed by atoms with E-state index in [4.69, 9.17) is 10.5 Å². The molecule has 0 radical (unpaired) electrons. The number of ether oxygens (including phenoxy) is 1. The van der Waals surface area contributed by atoms with Crippen LogP contribution >= 0.6 is 0 Å². The van der Waals surface area contributed by atoms with Gasteiger partial charge in [0.15, 0.2) is 0 Å². The van der Waals surface area contributed by atoms with E-state index in [2.05, 4.69) is 20.3 Å². The van der Waals surface area contributed by atoms with Crippen molar-refractivity contribution >= 4 is 44.9 Å². The average Bonchev–Trinajstić information content (AvgIpc) is 3.29. The molecule has 3 N–H and O–H groups in total. The van der Waals surface area contributed by atoms with E-state index in [-0.39, 0.29) is 11.9 Å². The second kappa shape index (κ2) is 7.71. The lowest BCUT2D eigenvalue weighted by Gasteiger charge is -2.26. The summed E-state index contributed by atoms with van der Waals surface area (Å²) < 4.78 is 5.63. The lowest BCUT2D eigenvalue weighted by Crippen LogP contribution is -2.40. The number of anilines is 3. The van der Waals surface area contributed by atoms with Crippen molar-refractivity contribution in [1.82, 2.24) is 15.0 Å². The maximum atomic E-state index is 12.0. The first-order valence-electron chi connectivity index (χ1n) is 10.1. The van der Waals surface area contributed by atoms with Crippen molar-refractivity contribution in [1.29, 1.82) is 0 Å². The first-order valence-corrected chi connectivity index (χ1v) is 10.1. The molecule has 156 valence electrons. The summed E-state index contributed by atoms with van der Waals surface area (Å²) in [6, 6.07) is 13.3. The number of primary amides is 1. The molecule has 4 aromatic rings. The molecule has 3 heterocycles. The number of carbonyl (C=O) groups excluding carboxylic acids is 1. The second-order valence-electron chi connectivity index (χ2n) is 7.52. The number of aromatic nitrogens is 3. The first-order chi connectivity index (χ1) is 15.2. The van der Waals surface area contributed by atoms with E-state index in [0.29, 0.717) is 11.6 Å². The molecular formula is C23H22N6O2. The van der Waals surface area contributed by atoms with Crippen LogP contribution in [-0.4, -0.2) is 40.6 Å². The van der Waals surface area contributed by atoms with E-state index in [1.165, 1.54) is 6.33 Å². The number of hydrogen-bond acceptors (Lipinski definition) is 7. The van der Waals surface area contributed by atoms with Gasteiger partial charge in [0.05, 0.1) is 23.8 Å². The highest BCUT2D eigenvalue weighted by molar-refractivity contribution is 5.99. The summed E-state index contributed by atoms with van der Waals surface area (Å²) >= 11 is 0. The molecule has 8 heteroatoms. The number of benzene rings is 2. The Morgan fingerprint density at radius 3 is 2.87 bits per heavy atom. The summed E-state index contributed by atoms with van der Waals surface area (Å²) in [6.07, 6.45) is 4.93. The van der Waals surface area contributed by atoms with Gasteiger partial charge in [-0.25, -0.2) is 9.97 Å². The lowest BCUT2D eigenvalue weighted by molar-refractivity contribution is -0.119. The molecule has 1 unspecified atom stereocenters. The van der Waals surface area contributed by atoms with Crippen LogP contribution in [0.15, 0.2) is 55.0 Å². The Hall–Kier alpha value is -3.94. The molecule has 2 aromatic heterocycles. The molecule has 0 spiro atoms. The third kappa shape index (κ3) is 3.35. The number of nitrogens with zero attached hydrogens (tertiary/aromatic N) is 4. The fourth-order valence-electron chi connectivity index (χ4n) is 4.25. The summed E-state index contributed by atoms with van der Waals surface area (Å²) in [5, 5.41) is 5.26. The zero-order chi connectivity index (χ0) is 21.4. The highest BCUT2D eigenvalue weighted by atomic mass is 16.5. The highest BCUT2D eigenvalue weighted by Crippen LogP contribution is 2.39. The van der Waals surface area contributed by atoms with Gasteiger partial charge in [0.2, 0.25) is 5.91 Å². The molecule has 1 aliphatic heterocycles. The number of nitrogens with one attached hydrogen (secondary N) is 1. The standard InChI is InChI=1S/C23H22N6O2/c1-31-21-12-18-15(11-20(21)29-10-4-8-19(29)22(24)30)23(27-13-26-18)28-17-7-2-6-16-14(17)5-3-9-25-16/h2-3,5-7,9,11-13,19H,4,8,10H2,1H3,(H2,24,30)(H,26,27,28). The molecule has 31 heavy (non-hydrogen) atoms. The quantitative estimate of drug-likeness (QED) is 0.515. The van der Waals surface area contributed by atoms with Crippen molar-refractivity contribution in [3.63, 3.8) is 0 Å². The van der Waals surface area contributed by atoms with Gasteiger partial charge in [0.25, 0.3) is 0 Å². The Kier molecular flexibility index (Phi) is 4.74. The van der Waals surface area contributed by atoms with Crippen molar-refractivity contribution in [3.8, 4) is 5.75 Å². The predicted molar refractivity (Wildman–Crippen MR) is 121 cm³/mol. The maximum Gasteiger partial charge on any atom is 0.240 e. The minimum atomic E-state index is -0.350. The first kappa shape index (κ1) is 19.0. The molecule has 1 fully saturated rings. The van der Waals surface area contributed by atoms with Crippen LogP contribution in [-0.2, 0) is 4.79 Å². The SMILES string of the molecule is COc1cc2ncnc(Nc3cccc4ncccc34)c2cc1N1CCCC1C(N)=O. The van der Waals surface area contributed by atoms with Gasteiger partial charge >= 0.3 is 0 Å². The number of hydrogen-bond donors (Lipinski definition) is 2. The Labute approximate surface area is 179 Å². The molecule has 8 nitrogen and oxygen atoms in total. The second-order valence-corrected chi connectivity index (χ2v) is 7.52. The van der Waals surface area contributed by atoms with Gasteiger partial charge in [0.1, 0.15) is 23.9 Å². The number of amides is 1. The van der Waals surface area contributed by atoms with Crippen LogP contribution in [0, 0.1) is 0 Å². The fraction of sp³-hybridized carbons (Fsp3) is 0.217. The summed E-state index contributed by atoms with van der Waals surface area (Å²) in [5.74, 6) is 0.991. The van der Waals surface area contributed by atoms with E-state index in [0.717, 1.165) is 52.6 Å². The minimum Gasteiger partial charge on any atom is -0.495 e. The van der Waals surface area contributed by atoms with E-state index in [1.807, 2.05) is 47.4 Å². The van der Waals surface area contributed by atoms with Crippen molar-refractivity contribution < 1.29 is 9.53 Å². The van der Waals surface area contributed by atoms with E-state index >= 15 is 0 Å².